The molecule has 1 aromatic heterocycles. The van der Waals surface area contributed by atoms with Gasteiger partial charge in [-0.2, -0.15) is 0 Å². The van der Waals surface area contributed by atoms with Gasteiger partial charge in [0.2, 0.25) is 5.91 Å². The summed E-state index contributed by atoms with van der Waals surface area (Å²) >= 11 is 1.18. The van der Waals surface area contributed by atoms with Gasteiger partial charge in [0.15, 0.2) is 16.7 Å². The SMILES string of the molecule is COc1ccc(NC(=O)C(C)Sc2nc3ccccc3c(=O)[nH]2)cc1OC. The van der Waals surface area contributed by atoms with Gasteiger partial charge in [0.05, 0.1) is 30.4 Å². The fraction of sp³-hybridized carbons (Fsp3) is 0.211. The molecule has 140 valence electrons. The minimum Gasteiger partial charge on any atom is -0.493 e. The Morgan fingerprint density at radius 2 is 1.89 bits per heavy atom. The second-order valence-corrected chi connectivity index (χ2v) is 7.04. The van der Waals surface area contributed by atoms with Crippen LogP contribution in [0.5, 0.6) is 11.5 Å². The third-order valence-electron chi connectivity index (χ3n) is 3.90. The van der Waals surface area contributed by atoms with Crippen molar-refractivity contribution in [1.29, 1.82) is 0 Å². The second kappa shape index (κ2) is 8.13. The summed E-state index contributed by atoms with van der Waals surface area (Å²) < 4.78 is 10.4. The van der Waals surface area contributed by atoms with E-state index in [-0.39, 0.29) is 11.5 Å². The normalized spacial score (nSPS) is 11.8. The number of carbonyl (C=O) groups is 1. The highest BCUT2D eigenvalue weighted by Gasteiger charge is 2.17. The zero-order valence-corrected chi connectivity index (χ0v) is 15.9. The van der Waals surface area contributed by atoms with Crippen LogP contribution < -0.4 is 20.3 Å². The van der Waals surface area contributed by atoms with Crippen molar-refractivity contribution in [3.05, 3.63) is 52.8 Å². The van der Waals surface area contributed by atoms with E-state index in [4.69, 9.17) is 9.47 Å². The zero-order valence-electron chi connectivity index (χ0n) is 15.1. The number of amides is 1. The van der Waals surface area contributed by atoms with E-state index in [9.17, 15) is 9.59 Å². The Labute approximate surface area is 160 Å². The van der Waals surface area contributed by atoms with Crippen LogP contribution in [0.3, 0.4) is 0 Å². The molecule has 0 radical (unpaired) electrons. The van der Waals surface area contributed by atoms with Crippen molar-refractivity contribution in [2.45, 2.75) is 17.3 Å². The first-order chi connectivity index (χ1) is 13.0. The quantitative estimate of drug-likeness (QED) is 0.500. The number of nitrogens with one attached hydrogen (secondary N) is 2. The fourth-order valence-electron chi connectivity index (χ4n) is 2.50. The molecule has 0 aliphatic heterocycles. The molecule has 8 heteroatoms. The molecule has 2 aromatic carbocycles. The number of fused-ring (bicyclic) bond motifs is 1. The molecule has 27 heavy (non-hydrogen) atoms. The number of methoxy groups -OCH3 is 2. The highest BCUT2D eigenvalue weighted by atomic mass is 32.2. The number of aromatic nitrogens is 2. The van der Waals surface area contributed by atoms with Crippen LogP contribution in [-0.2, 0) is 4.79 Å². The van der Waals surface area contributed by atoms with Gasteiger partial charge < -0.3 is 19.8 Å². The van der Waals surface area contributed by atoms with Crippen LogP contribution in [0, 0.1) is 0 Å². The van der Waals surface area contributed by atoms with E-state index in [1.807, 2.05) is 6.07 Å². The summed E-state index contributed by atoms with van der Waals surface area (Å²) in [5.41, 5.74) is 0.955. The minimum absolute atomic E-state index is 0.219. The monoisotopic (exact) mass is 385 g/mol. The van der Waals surface area contributed by atoms with Crippen molar-refractivity contribution in [2.24, 2.45) is 0 Å². The maximum Gasteiger partial charge on any atom is 0.259 e. The van der Waals surface area contributed by atoms with Crippen LogP contribution in [0.25, 0.3) is 10.9 Å². The van der Waals surface area contributed by atoms with Crippen LogP contribution in [0.15, 0.2) is 52.4 Å². The maximum atomic E-state index is 12.5. The zero-order chi connectivity index (χ0) is 19.4. The summed E-state index contributed by atoms with van der Waals surface area (Å²) in [6.07, 6.45) is 0. The maximum absolute atomic E-state index is 12.5. The number of thioether (sulfide) groups is 1. The van der Waals surface area contributed by atoms with Crippen LogP contribution in [-0.4, -0.2) is 35.3 Å². The molecule has 1 unspecified atom stereocenters. The van der Waals surface area contributed by atoms with Crippen molar-refractivity contribution in [3.8, 4) is 11.5 Å². The average Bonchev–Trinajstić information content (AvgIpc) is 2.67. The van der Waals surface area contributed by atoms with Crippen molar-refractivity contribution >= 4 is 34.3 Å². The van der Waals surface area contributed by atoms with Gasteiger partial charge in [0.1, 0.15) is 0 Å². The van der Waals surface area contributed by atoms with Crippen molar-refractivity contribution in [3.63, 3.8) is 0 Å². The molecule has 3 aromatic rings. The summed E-state index contributed by atoms with van der Waals surface area (Å²) in [7, 11) is 3.08. The van der Waals surface area contributed by atoms with Gasteiger partial charge in [-0.3, -0.25) is 9.59 Å². The average molecular weight is 385 g/mol. The number of para-hydroxylation sites is 1. The second-order valence-electron chi connectivity index (χ2n) is 5.71. The number of rotatable bonds is 6. The number of carbonyl (C=O) groups excluding carboxylic acids is 1. The van der Waals surface area contributed by atoms with Crippen LogP contribution in [0.2, 0.25) is 0 Å². The predicted molar refractivity (Wildman–Crippen MR) is 106 cm³/mol. The lowest BCUT2D eigenvalue weighted by molar-refractivity contribution is -0.115. The van der Waals surface area contributed by atoms with Gasteiger partial charge in [-0.25, -0.2) is 4.98 Å². The topological polar surface area (TPSA) is 93.3 Å². The van der Waals surface area contributed by atoms with E-state index in [0.29, 0.717) is 33.2 Å². The van der Waals surface area contributed by atoms with E-state index < -0.39 is 5.25 Å². The molecule has 3 rings (SSSR count). The Kier molecular flexibility index (Phi) is 5.66. The number of hydrogen-bond acceptors (Lipinski definition) is 6. The first-order valence-electron chi connectivity index (χ1n) is 8.20. The molecule has 0 aliphatic rings. The van der Waals surface area contributed by atoms with Gasteiger partial charge in [-0.05, 0) is 31.2 Å². The lowest BCUT2D eigenvalue weighted by atomic mass is 10.2. The number of nitrogens with zero attached hydrogens (tertiary/aromatic N) is 1. The van der Waals surface area contributed by atoms with Crippen LogP contribution in [0.4, 0.5) is 5.69 Å². The van der Waals surface area contributed by atoms with Gasteiger partial charge in [-0.1, -0.05) is 23.9 Å². The van der Waals surface area contributed by atoms with Crippen LogP contribution in [0.1, 0.15) is 6.92 Å². The Bertz CT molecular complexity index is 1030. The standard InChI is InChI=1S/C19H19N3O4S/c1-11(17(23)20-12-8-9-15(25-2)16(10-12)26-3)27-19-21-14-7-5-4-6-13(14)18(24)22-19/h4-11H,1-3H3,(H,20,23)(H,21,22,24). The highest BCUT2D eigenvalue weighted by Crippen LogP contribution is 2.30. The molecule has 1 heterocycles. The van der Waals surface area contributed by atoms with E-state index in [0.717, 1.165) is 0 Å². The molecule has 0 saturated carbocycles. The Morgan fingerprint density at radius 1 is 1.15 bits per heavy atom. The number of hydrogen-bond donors (Lipinski definition) is 2. The smallest absolute Gasteiger partial charge is 0.259 e. The van der Waals surface area contributed by atoms with E-state index in [1.54, 1.807) is 50.4 Å². The van der Waals surface area contributed by atoms with E-state index >= 15 is 0 Å². The van der Waals surface area contributed by atoms with Crippen molar-refractivity contribution in [1.82, 2.24) is 9.97 Å². The van der Waals surface area contributed by atoms with Gasteiger partial charge >= 0.3 is 0 Å². The molecule has 0 aliphatic carbocycles. The number of anilines is 1. The summed E-state index contributed by atoms with van der Waals surface area (Å²) in [4.78, 5) is 31.8. The first kappa shape index (κ1) is 18.8. The third kappa shape index (κ3) is 4.22. The van der Waals surface area contributed by atoms with Gasteiger partial charge in [-0.15, -0.1) is 0 Å². The molecular formula is C19H19N3O4S. The molecule has 0 spiro atoms. The van der Waals surface area contributed by atoms with Gasteiger partial charge in [0.25, 0.3) is 5.56 Å². The molecular weight excluding hydrogens is 366 g/mol. The number of aromatic amines is 1. The number of H-pyrrole nitrogens is 1. The van der Waals surface area contributed by atoms with Gasteiger partial charge in [0, 0.05) is 11.8 Å². The molecule has 1 amide bonds. The lowest BCUT2D eigenvalue weighted by Crippen LogP contribution is -2.23. The molecule has 2 N–H and O–H groups in total. The molecule has 0 saturated heterocycles. The highest BCUT2D eigenvalue weighted by molar-refractivity contribution is 8.00. The van der Waals surface area contributed by atoms with Crippen molar-refractivity contribution < 1.29 is 14.3 Å². The van der Waals surface area contributed by atoms with Crippen LogP contribution >= 0.6 is 11.8 Å². The molecule has 7 nitrogen and oxygen atoms in total. The molecule has 1 atom stereocenters. The van der Waals surface area contributed by atoms with E-state index in [1.165, 1.54) is 18.9 Å². The first-order valence-corrected chi connectivity index (χ1v) is 9.08. The Morgan fingerprint density at radius 3 is 2.63 bits per heavy atom. The Hall–Kier alpha value is -3.00. The summed E-state index contributed by atoms with van der Waals surface area (Å²) in [5, 5.41) is 3.27. The predicted octanol–water partition coefficient (Wildman–Crippen LogP) is 3.06. The largest absolute Gasteiger partial charge is 0.493 e. The van der Waals surface area contributed by atoms with E-state index in [2.05, 4.69) is 15.3 Å². The summed E-state index contributed by atoms with van der Waals surface area (Å²) in [6.45, 7) is 1.75. The minimum atomic E-state index is -0.470. The molecule has 0 fully saturated rings. The lowest BCUT2D eigenvalue weighted by Gasteiger charge is -2.13. The summed E-state index contributed by atoms with van der Waals surface area (Å²) in [6, 6.07) is 12.2. The van der Waals surface area contributed by atoms with Crippen molar-refractivity contribution in [2.75, 3.05) is 19.5 Å². The number of ether oxygens (including phenoxy) is 2. The summed E-state index contributed by atoms with van der Waals surface area (Å²) in [5.74, 6) is 0.884. The Balaban J connectivity index is 1.74. The fourth-order valence-corrected chi connectivity index (χ4v) is 3.30. The molecule has 0 bridgehead atoms. The number of benzene rings is 2. The third-order valence-corrected chi connectivity index (χ3v) is 4.88.